The molecule has 0 radical (unpaired) electrons. The van der Waals surface area contributed by atoms with E-state index >= 15 is 0 Å². The van der Waals surface area contributed by atoms with Crippen molar-refractivity contribution in [2.24, 2.45) is 0 Å². The second kappa shape index (κ2) is 6.36. The fraction of sp³-hybridized carbons (Fsp3) is 0.500. The molecule has 1 fully saturated rings. The largest absolute Gasteiger partial charge is 0.491 e. The summed E-state index contributed by atoms with van der Waals surface area (Å²) in [7, 11) is 0. The standard InChI is InChI=1S/C14H17FN2O/c15-13-9-11(10-16)5-6-14(13)18-8-2-4-12-3-1-7-17-12/h5-6,9,12,17H,1-4,7-8H2. The van der Waals surface area contributed by atoms with Gasteiger partial charge < -0.3 is 10.1 Å². The van der Waals surface area contributed by atoms with Crippen molar-refractivity contribution in [3.8, 4) is 11.8 Å². The predicted molar refractivity (Wildman–Crippen MR) is 66.9 cm³/mol. The third kappa shape index (κ3) is 3.44. The van der Waals surface area contributed by atoms with E-state index in [0.29, 0.717) is 18.2 Å². The summed E-state index contributed by atoms with van der Waals surface area (Å²) in [5.74, 6) is -0.235. The minimum Gasteiger partial charge on any atom is -0.491 e. The summed E-state index contributed by atoms with van der Waals surface area (Å²) in [5.41, 5.74) is 0.315. The van der Waals surface area contributed by atoms with E-state index in [4.69, 9.17) is 10.00 Å². The second-order valence-corrected chi connectivity index (χ2v) is 4.54. The molecule has 3 nitrogen and oxygen atoms in total. The zero-order valence-electron chi connectivity index (χ0n) is 10.3. The molecule has 0 saturated carbocycles. The summed E-state index contributed by atoms with van der Waals surface area (Å²) < 4.78 is 18.9. The van der Waals surface area contributed by atoms with E-state index < -0.39 is 5.82 Å². The van der Waals surface area contributed by atoms with Crippen LogP contribution in [0.15, 0.2) is 18.2 Å². The van der Waals surface area contributed by atoms with Crippen LogP contribution in [0, 0.1) is 17.1 Å². The summed E-state index contributed by atoms with van der Waals surface area (Å²) >= 11 is 0. The van der Waals surface area contributed by atoms with Gasteiger partial charge in [0, 0.05) is 6.04 Å². The molecule has 0 aromatic heterocycles. The molecule has 18 heavy (non-hydrogen) atoms. The summed E-state index contributed by atoms with van der Waals surface area (Å²) in [6.07, 6.45) is 4.45. The Hall–Kier alpha value is -1.60. The van der Waals surface area contributed by atoms with Crippen molar-refractivity contribution >= 4 is 0 Å². The van der Waals surface area contributed by atoms with E-state index in [1.165, 1.54) is 25.0 Å². The molecule has 0 amide bonds. The molecular formula is C14H17FN2O. The molecule has 1 aromatic carbocycles. The van der Waals surface area contributed by atoms with E-state index in [9.17, 15) is 4.39 Å². The molecule has 0 aliphatic carbocycles. The minimum atomic E-state index is -0.465. The molecule has 1 aliphatic heterocycles. The van der Waals surface area contributed by atoms with Crippen molar-refractivity contribution < 1.29 is 9.13 Å². The van der Waals surface area contributed by atoms with Gasteiger partial charge in [-0.2, -0.15) is 5.26 Å². The Bertz CT molecular complexity index is 436. The van der Waals surface area contributed by atoms with Gasteiger partial charge in [0.15, 0.2) is 11.6 Å². The average molecular weight is 248 g/mol. The lowest BCUT2D eigenvalue weighted by Crippen LogP contribution is -2.21. The number of nitrogens with one attached hydrogen (secondary N) is 1. The van der Waals surface area contributed by atoms with Crippen LogP contribution in [-0.4, -0.2) is 19.2 Å². The normalized spacial score (nSPS) is 18.6. The van der Waals surface area contributed by atoms with Crippen molar-refractivity contribution in [3.05, 3.63) is 29.6 Å². The van der Waals surface area contributed by atoms with Crippen molar-refractivity contribution in [3.63, 3.8) is 0 Å². The molecule has 1 heterocycles. The maximum absolute atomic E-state index is 13.5. The number of hydrogen-bond donors (Lipinski definition) is 1. The molecule has 1 saturated heterocycles. The Labute approximate surface area is 107 Å². The van der Waals surface area contributed by atoms with E-state index in [1.54, 1.807) is 6.07 Å². The Morgan fingerprint density at radius 1 is 1.50 bits per heavy atom. The number of ether oxygens (including phenoxy) is 1. The summed E-state index contributed by atoms with van der Waals surface area (Å²) in [5, 5.41) is 12.0. The summed E-state index contributed by atoms with van der Waals surface area (Å²) in [6, 6.07) is 6.78. The van der Waals surface area contributed by atoms with Gasteiger partial charge in [-0.25, -0.2) is 4.39 Å². The van der Waals surface area contributed by atoms with Crippen molar-refractivity contribution in [1.82, 2.24) is 5.32 Å². The van der Waals surface area contributed by atoms with E-state index in [0.717, 1.165) is 19.4 Å². The van der Waals surface area contributed by atoms with Gasteiger partial charge in [0.05, 0.1) is 18.2 Å². The van der Waals surface area contributed by atoms with Crippen LogP contribution in [0.1, 0.15) is 31.2 Å². The van der Waals surface area contributed by atoms with Crippen LogP contribution in [-0.2, 0) is 0 Å². The van der Waals surface area contributed by atoms with Crippen molar-refractivity contribution in [2.75, 3.05) is 13.2 Å². The van der Waals surface area contributed by atoms with Crippen LogP contribution in [0.5, 0.6) is 5.75 Å². The highest BCUT2D eigenvalue weighted by Gasteiger charge is 2.13. The van der Waals surface area contributed by atoms with Crippen LogP contribution < -0.4 is 10.1 Å². The Balaban J connectivity index is 1.74. The van der Waals surface area contributed by atoms with E-state index in [-0.39, 0.29) is 5.75 Å². The van der Waals surface area contributed by atoms with Crippen LogP contribution in [0.3, 0.4) is 0 Å². The number of hydrogen-bond acceptors (Lipinski definition) is 3. The van der Waals surface area contributed by atoms with Crippen LogP contribution in [0.4, 0.5) is 4.39 Å². The molecule has 1 aliphatic rings. The smallest absolute Gasteiger partial charge is 0.166 e. The number of rotatable bonds is 5. The number of benzene rings is 1. The van der Waals surface area contributed by atoms with Gasteiger partial charge in [0.1, 0.15) is 0 Å². The maximum atomic E-state index is 13.5. The molecule has 0 spiro atoms. The first-order valence-corrected chi connectivity index (χ1v) is 6.35. The highest BCUT2D eigenvalue weighted by atomic mass is 19.1. The minimum absolute atomic E-state index is 0.230. The van der Waals surface area contributed by atoms with Crippen LogP contribution >= 0.6 is 0 Å². The zero-order chi connectivity index (χ0) is 12.8. The molecule has 1 N–H and O–H groups in total. The van der Waals surface area contributed by atoms with Crippen molar-refractivity contribution in [1.29, 1.82) is 5.26 Å². The van der Waals surface area contributed by atoms with Crippen molar-refractivity contribution in [2.45, 2.75) is 31.7 Å². The molecule has 96 valence electrons. The zero-order valence-corrected chi connectivity index (χ0v) is 10.3. The molecule has 1 aromatic rings. The SMILES string of the molecule is N#Cc1ccc(OCCCC2CCCN2)c(F)c1. The fourth-order valence-electron chi connectivity index (χ4n) is 2.20. The number of nitrogens with zero attached hydrogens (tertiary/aromatic N) is 1. The third-order valence-electron chi connectivity index (χ3n) is 3.18. The van der Waals surface area contributed by atoms with E-state index in [2.05, 4.69) is 5.32 Å². The van der Waals surface area contributed by atoms with Gasteiger partial charge in [-0.1, -0.05) is 0 Å². The molecule has 2 rings (SSSR count). The maximum Gasteiger partial charge on any atom is 0.166 e. The molecule has 4 heteroatoms. The predicted octanol–water partition coefficient (Wildman–Crippen LogP) is 2.61. The quantitative estimate of drug-likeness (QED) is 0.815. The second-order valence-electron chi connectivity index (χ2n) is 4.54. The fourth-order valence-corrected chi connectivity index (χ4v) is 2.20. The van der Waals surface area contributed by atoms with Gasteiger partial charge in [-0.3, -0.25) is 0 Å². The monoisotopic (exact) mass is 248 g/mol. The van der Waals surface area contributed by atoms with Crippen LogP contribution in [0.25, 0.3) is 0 Å². The third-order valence-corrected chi connectivity index (χ3v) is 3.18. The lowest BCUT2D eigenvalue weighted by Gasteiger charge is -2.11. The highest BCUT2D eigenvalue weighted by molar-refractivity contribution is 5.35. The molecular weight excluding hydrogens is 231 g/mol. The first-order chi connectivity index (χ1) is 8.79. The van der Waals surface area contributed by atoms with E-state index in [1.807, 2.05) is 6.07 Å². The lowest BCUT2D eigenvalue weighted by molar-refractivity contribution is 0.285. The average Bonchev–Trinajstić information content (AvgIpc) is 2.89. The van der Waals surface area contributed by atoms with Gasteiger partial charge >= 0.3 is 0 Å². The van der Waals surface area contributed by atoms with Gasteiger partial charge in [-0.05, 0) is 50.4 Å². The molecule has 1 atom stereocenters. The van der Waals surface area contributed by atoms with Crippen LogP contribution in [0.2, 0.25) is 0 Å². The summed E-state index contributed by atoms with van der Waals surface area (Å²) in [6.45, 7) is 1.62. The van der Waals surface area contributed by atoms with Gasteiger partial charge in [0.2, 0.25) is 0 Å². The Morgan fingerprint density at radius 3 is 3.06 bits per heavy atom. The first kappa shape index (κ1) is 12.8. The molecule has 1 unspecified atom stereocenters. The Kier molecular flexibility index (Phi) is 4.54. The topological polar surface area (TPSA) is 45.0 Å². The number of halogens is 1. The van der Waals surface area contributed by atoms with Gasteiger partial charge in [0.25, 0.3) is 0 Å². The molecule has 0 bridgehead atoms. The highest BCUT2D eigenvalue weighted by Crippen LogP contribution is 2.18. The Morgan fingerprint density at radius 2 is 2.39 bits per heavy atom. The summed E-state index contributed by atoms with van der Waals surface area (Å²) in [4.78, 5) is 0. The first-order valence-electron chi connectivity index (χ1n) is 6.35. The number of nitriles is 1. The van der Waals surface area contributed by atoms with Gasteiger partial charge in [-0.15, -0.1) is 0 Å². The lowest BCUT2D eigenvalue weighted by atomic mass is 10.1.